The SMILES string of the molecule is CC(C)NS(=O)(=O)c1ccc2c(c1)nnn2CCNC(=O)Nc1ccc(F)cc1F. The monoisotopic (exact) mass is 438 g/mol. The van der Waals surface area contributed by atoms with Crippen molar-refractivity contribution in [3.05, 3.63) is 48.0 Å². The normalized spacial score (nSPS) is 11.8. The minimum Gasteiger partial charge on any atom is -0.336 e. The van der Waals surface area contributed by atoms with Crippen LogP contribution in [0.15, 0.2) is 41.3 Å². The van der Waals surface area contributed by atoms with Gasteiger partial charge in [0, 0.05) is 18.7 Å². The van der Waals surface area contributed by atoms with E-state index in [9.17, 15) is 22.0 Å². The predicted octanol–water partition coefficient (Wildman–Crippen LogP) is 2.22. The number of urea groups is 1. The van der Waals surface area contributed by atoms with Crippen molar-refractivity contribution >= 4 is 32.8 Å². The van der Waals surface area contributed by atoms with Crippen LogP contribution in [0.3, 0.4) is 0 Å². The molecule has 0 unspecified atom stereocenters. The molecule has 0 aliphatic heterocycles. The van der Waals surface area contributed by atoms with E-state index in [-0.39, 0.29) is 29.7 Å². The number of anilines is 1. The molecule has 9 nitrogen and oxygen atoms in total. The quantitative estimate of drug-likeness (QED) is 0.523. The van der Waals surface area contributed by atoms with Gasteiger partial charge in [0.2, 0.25) is 10.0 Å². The molecule has 160 valence electrons. The van der Waals surface area contributed by atoms with Crippen molar-refractivity contribution in [2.45, 2.75) is 31.3 Å². The molecule has 1 heterocycles. The van der Waals surface area contributed by atoms with E-state index in [4.69, 9.17) is 0 Å². The topological polar surface area (TPSA) is 118 Å². The van der Waals surface area contributed by atoms with Crippen LogP contribution < -0.4 is 15.4 Å². The number of amides is 2. The molecule has 0 aliphatic carbocycles. The second-order valence-corrected chi connectivity index (χ2v) is 8.46. The fourth-order valence-corrected chi connectivity index (χ4v) is 3.97. The third-order valence-electron chi connectivity index (χ3n) is 3.98. The number of hydrogen-bond donors (Lipinski definition) is 3. The molecule has 0 radical (unpaired) electrons. The summed E-state index contributed by atoms with van der Waals surface area (Å²) >= 11 is 0. The first-order valence-corrected chi connectivity index (χ1v) is 10.5. The van der Waals surface area contributed by atoms with Gasteiger partial charge in [-0.15, -0.1) is 5.10 Å². The van der Waals surface area contributed by atoms with E-state index in [1.54, 1.807) is 19.9 Å². The number of rotatable bonds is 7. The molecule has 2 amide bonds. The van der Waals surface area contributed by atoms with Crippen molar-refractivity contribution in [1.82, 2.24) is 25.0 Å². The second-order valence-electron chi connectivity index (χ2n) is 6.74. The predicted molar refractivity (Wildman–Crippen MR) is 106 cm³/mol. The van der Waals surface area contributed by atoms with Gasteiger partial charge in [-0.2, -0.15) is 0 Å². The first-order chi connectivity index (χ1) is 14.2. The zero-order valence-corrected chi connectivity index (χ0v) is 17.0. The highest BCUT2D eigenvalue weighted by Gasteiger charge is 2.17. The van der Waals surface area contributed by atoms with E-state index in [1.807, 2.05) is 0 Å². The molecule has 30 heavy (non-hydrogen) atoms. The molecule has 1 aromatic heterocycles. The fraction of sp³-hybridized carbons (Fsp3) is 0.278. The zero-order valence-electron chi connectivity index (χ0n) is 16.2. The Hall–Kier alpha value is -3.12. The maximum atomic E-state index is 13.6. The molecule has 0 atom stereocenters. The van der Waals surface area contributed by atoms with Gasteiger partial charge in [0.15, 0.2) is 0 Å². The van der Waals surface area contributed by atoms with Crippen LogP contribution in [0.1, 0.15) is 13.8 Å². The molecule has 0 saturated carbocycles. The van der Waals surface area contributed by atoms with E-state index >= 15 is 0 Å². The molecule has 0 fully saturated rings. The number of nitrogens with one attached hydrogen (secondary N) is 3. The van der Waals surface area contributed by atoms with Gasteiger partial charge in [0.25, 0.3) is 0 Å². The average Bonchev–Trinajstić information content (AvgIpc) is 3.05. The zero-order chi connectivity index (χ0) is 21.9. The van der Waals surface area contributed by atoms with Gasteiger partial charge in [-0.3, -0.25) is 0 Å². The summed E-state index contributed by atoms with van der Waals surface area (Å²) in [6.07, 6.45) is 0. The Morgan fingerprint density at radius 1 is 1.17 bits per heavy atom. The van der Waals surface area contributed by atoms with Crippen molar-refractivity contribution < 1.29 is 22.0 Å². The van der Waals surface area contributed by atoms with Crippen molar-refractivity contribution in [1.29, 1.82) is 0 Å². The number of carbonyl (C=O) groups is 1. The molecule has 3 N–H and O–H groups in total. The van der Waals surface area contributed by atoms with E-state index < -0.39 is 27.7 Å². The minimum atomic E-state index is -3.65. The molecular weight excluding hydrogens is 418 g/mol. The Balaban J connectivity index is 1.62. The van der Waals surface area contributed by atoms with Crippen molar-refractivity contribution in [2.24, 2.45) is 0 Å². The summed E-state index contributed by atoms with van der Waals surface area (Å²) in [7, 11) is -3.65. The Morgan fingerprint density at radius 2 is 1.93 bits per heavy atom. The molecule has 12 heteroatoms. The molecule has 0 spiro atoms. The van der Waals surface area contributed by atoms with Gasteiger partial charge < -0.3 is 10.6 Å². The van der Waals surface area contributed by atoms with E-state index in [0.717, 1.165) is 12.1 Å². The number of nitrogens with zero attached hydrogens (tertiary/aromatic N) is 3. The summed E-state index contributed by atoms with van der Waals surface area (Å²) in [5.74, 6) is -1.63. The standard InChI is InChI=1S/C18H20F2N6O3S/c1-11(2)24-30(28,29)13-4-6-17-16(10-13)23-25-26(17)8-7-21-18(27)22-15-5-3-12(19)9-14(15)20/h3-6,9-11,24H,7-8H2,1-2H3,(H2,21,22,27). The van der Waals surface area contributed by atoms with Gasteiger partial charge in [0.1, 0.15) is 17.2 Å². The lowest BCUT2D eigenvalue weighted by Crippen LogP contribution is -2.32. The van der Waals surface area contributed by atoms with E-state index in [2.05, 4.69) is 25.7 Å². The Bertz CT molecular complexity index is 1180. The molecular formula is C18H20F2N6O3S. The average molecular weight is 438 g/mol. The third kappa shape index (κ3) is 5.07. The van der Waals surface area contributed by atoms with Gasteiger partial charge in [-0.25, -0.2) is 31.4 Å². The van der Waals surface area contributed by atoms with E-state index in [0.29, 0.717) is 17.1 Å². The lowest BCUT2D eigenvalue weighted by atomic mass is 10.3. The summed E-state index contributed by atoms with van der Waals surface area (Å²) in [6, 6.07) is 6.35. The fourth-order valence-electron chi connectivity index (χ4n) is 2.70. The lowest BCUT2D eigenvalue weighted by Gasteiger charge is -2.10. The summed E-state index contributed by atoms with van der Waals surface area (Å²) < 4.78 is 55.0. The van der Waals surface area contributed by atoms with Crippen LogP contribution in [0.25, 0.3) is 11.0 Å². The van der Waals surface area contributed by atoms with Crippen molar-refractivity contribution in [3.63, 3.8) is 0 Å². The van der Waals surface area contributed by atoms with Crippen LogP contribution in [0.2, 0.25) is 0 Å². The number of aromatic nitrogens is 3. The molecule has 3 aromatic rings. The highest BCUT2D eigenvalue weighted by molar-refractivity contribution is 7.89. The first kappa shape index (κ1) is 21.6. The van der Waals surface area contributed by atoms with Gasteiger partial charge >= 0.3 is 6.03 Å². The third-order valence-corrected chi connectivity index (χ3v) is 5.63. The minimum absolute atomic E-state index is 0.0783. The second kappa shape index (κ2) is 8.71. The summed E-state index contributed by atoms with van der Waals surface area (Å²) in [5, 5.41) is 12.7. The highest BCUT2D eigenvalue weighted by atomic mass is 32.2. The van der Waals surface area contributed by atoms with Crippen molar-refractivity contribution in [2.75, 3.05) is 11.9 Å². The first-order valence-electron chi connectivity index (χ1n) is 9.01. The number of carbonyl (C=O) groups excluding carboxylic acids is 1. The number of sulfonamides is 1. The molecule has 3 rings (SSSR count). The Morgan fingerprint density at radius 3 is 2.63 bits per heavy atom. The Kier molecular flexibility index (Phi) is 6.27. The van der Waals surface area contributed by atoms with Gasteiger partial charge in [-0.05, 0) is 44.2 Å². The molecule has 2 aromatic carbocycles. The number of halogens is 2. The van der Waals surface area contributed by atoms with Crippen LogP contribution >= 0.6 is 0 Å². The number of fused-ring (bicyclic) bond motifs is 1. The smallest absolute Gasteiger partial charge is 0.319 e. The lowest BCUT2D eigenvalue weighted by molar-refractivity contribution is 0.251. The number of benzene rings is 2. The molecule has 0 saturated heterocycles. The van der Waals surface area contributed by atoms with Crippen LogP contribution in [0.5, 0.6) is 0 Å². The largest absolute Gasteiger partial charge is 0.336 e. The summed E-state index contributed by atoms with van der Waals surface area (Å²) in [6.45, 7) is 3.83. The van der Waals surface area contributed by atoms with Crippen molar-refractivity contribution in [3.8, 4) is 0 Å². The highest BCUT2D eigenvalue weighted by Crippen LogP contribution is 2.18. The molecule has 0 bridgehead atoms. The van der Waals surface area contributed by atoms with Crippen LogP contribution in [0, 0.1) is 11.6 Å². The van der Waals surface area contributed by atoms with Crippen LogP contribution in [-0.2, 0) is 16.6 Å². The summed E-state index contributed by atoms with van der Waals surface area (Å²) in [4.78, 5) is 12.0. The van der Waals surface area contributed by atoms with Crippen LogP contribution in [0.4, 0.5) is 19.3 Å². The van der Waals surface area contributed by atoms with Crippen LogP contribution in [-0.4, -0.2) is 42.0 Å². The number of hydrogen-bond acceptors (Lipinski definition) is 5. The molecule has 0 aliphatic rings. The van der Waals surface area contributed by atoms with E-state index in [1.165, 1.54) is 16.8 Å². The maximum absolute atomic E-state index is 13.6. The van der Waals surface area contributed by atoms with Gasteiger partial charge in [0.05, 0.1) is 22.6 Å². The Labute approximate surface area is 171 Å². The maximum Gasteiger partial charge on any atom is 0.319 e. The van der Waals surface area contributed by atoms with Gasteiger partial charge in [-0.1, -0.05) is 5.21 Å². The summed E-state index contributed by atoms with van der Waals surface area (Å²) in [5.41, 5.74) is 0.827.